The average Bonchev–Trinajstić information content (AvgIpc) is 1.80. The molecule has 2 N–H and O–H groups in total. The van der Waals surface area contributed by atoms with E-state index in [0.29, 0.717) is 15.9 Å². The van der Waals surface area contributed by atoms with Gasteiger partial charge >= 0.3 is 0 Å². The van der Waals surface area contributed by atoms with Crippen LogP contribution in [0.25, 0.3) is 0 Å². The lowest BCUT2D eigenvalue weighted by Crippen LogP contribution is -1.88. The van der Waals surface area contributed by atoms with Crippen molar-refractivity contribution < 1.29 is 0 Å². The molecule has 0 aliphatic heterocycles. The van der Waals surface area contributed by atoms with Gasteiger partial charge in [-0.15, -0.1) is 12.6 Å². The van der Waals surface area contributed by atoms with Crippen LogP contribution in [0.3, 0.4) is 0 Å². The first-order chi connectivity index (χ1) is 4.20. The van der Waals surface area contributed by atoms with E-state index in [9.17, 15) is 0 Å². The summed E-state index contributed by atoms with van der Waals surface area (Å²) in [5.41, 5.74) is 5.30. The quantitative estimate of drug-likeness (QED) is 0.447. The Bertz CT molecular complexity index is 226. The van der Waals surface area contributed by atoms with Crippen LogP contribution in [0.1, 0.15) is 0 Å². The topological polar surface area (TPSA) is 38.9 Å². The summed E-state index contributed by atoms with van der Waals surface area (Å²) in [5.74, 6) is 0.415. The van der Waals surface area contributed by atoms with Crippen molar-refractivity contribution in [1.82, 2.24) is 4.98 Å². The zero-order valence-electron chi connectivity index (χ0n) is 4.50. The van der Waals surface area contributed by atoms with E-state index in [4.69, 9.17) is 17.3 Å². The zero-order valence-corrected chi connectivity index (χ0v) is 6.15. The molecule has 2 nitrogen and oxygen atoms in total. The summed E-state index contributed by atoms with van der Waals surface area (Å²) in [6, 6.07) is 3.35. The molecule has 0 fully saturated rings. The third kappa shape index (κ3) is 1.50. The molecule has 1 heterocycles. The maximum atomic E-state index is 5.55. The van der Waals surface area contributed by atoms with Gasteiger partial charge in [-0.2, -0.15) is 0 Å². The molecule has 0 radical (unpaired) electrons. The van der Waals surface area contributed by atoms with Gasteiger partial charge in [-0.3, -0.25) is 0 Å². The van der Waals surface area contributed by atoms with Crippen LogP contribution in [0.4, 0.5) is 5.82 Å². The molecule has 1 aromatic heterocycles. The summed E-state index contributed by atoms with van der Waals surface area (Å²) in [6.07, 6.45) is 0. The molecule has 0 saturated heterocycles. The summed E-state index contributed by atoms with van der Waals surface area (Å²) in [7, 11) is 0. The van der Waals surface area contributed by atoms with Crippen LogP contribution in [-0.2, 0) is 0 Å². The average molecular weight is 161 g/mol. The Morgan fingerprint density at radius 2 is 2.22 bits per heavy atom. The third-order valence-electron chi connectivity index (χ3n) is 0.851. The molecule has 0 aromatic carbocycles. The maximum absolute atomic E-state index is 5.55. The summed E-state index contributed by atoms with van der Waals surface area (Å²) in [4.78, 5) is 4.38. The van der Waals surface area contributed by atoms with E-state index >= 15 is 0 Å². The highest BCUT2D eigenvalue weighted by Gasteiger charge is 1.94. The van der Waals surface area contributed by atoms with Crippen molar-refractivity contribution in [3.05, 3.63) is 17.3 Å². The van der Waals surface area contributed by atoms with Gasteiger partial charge < -0.3 is 5.73 Å². The van der Waals surface area contributed by atoms with Crippen LogP contribution in [-0.4, -0.2) is 4.98 Å². The lowest BCUT2D eigenvalue weighted by Gasteiger charge is -1.94. The van der Waals surface area contributed by atoms with Crippen molar-refractivity contribution in [2.45, 2.75) is 4.90 Å². The van der Waals surface area contributed by atoms with Crippen molar-refractivity contribution >= 4 is 30.0 Å². The minimum absolute atomic E-state index is 0.346. The number of halogens is 1. The Kier molecular flexibility index (Phi) is 1.83. The zero-order chi connectivity index (χ0) is 6.85. The highest BCUT2D eigenvalue weighted by atomic mass is 35.5. The molecule has 0 unspecified atom stereocenters. The number of anilines is 1. The highest BCUT2D eigenvalue weighted by molar-refractivity contribution is 7.80. The summed E-state index contributed by atoms with van der Waals surface area (Å²) in [5, 5.41) is 0.346. The van der Waals surface area contributed by atoms with E-state index in [-0.39, 0.29) is 0 Å². The standard InChI is InChI=1S/C5H5ClN2S/c6-5-3(9)1-2-4(7)8-5/h1-2,9H,(H2,7,8). The molecule has 0 atom stereocenters. The summed E-state index contributed by atoms with van der Waals surface area (Å²) < 4.78 is 0. The van der Waals surface area contributed by atoms with Crippen LogP contribution in [0.15, 0.2) is 17.0 Å². The van der Waals surface area contributed by atoms with Crippen molar-refractivity contribution in [1.29, 1.82) is 0 Å². The Morgan fingerprint density at radius 1 is 1.56 bits per heavy atom. The minimum Gasteiger partial charge on any atom is -0.384 e. The number of thiol groups is 1. The molecule has 1 aromatic rings. The molecule has 4 heteroatoms. The van der Waals surface area contributed by atoms with Gasteiger partial charge in [-0.05, 0) is 12.1 Å². The number of hydrogen-bond donors (Lipinski definition) is 2. The number of nitrogen functional groups attached to an aromatic ring is 1. The first kappa shape index (κ1) is 6.71. The molecule has 0 spiro atoms. The molecule has 0 bridgehead atoms. The van der Waals surface area contributed by atoms with E-state index in [1.54, 1.807) is 12.1 Å². The Balaban J connectivity index is 3.17. The van der Waals surface area contributed by atoms with Crippen LogP contribution in [0, 0.1) is 0 Å². The number of aromatic nitrogens is 1. The first-order valence-electron chi connectivity index (χ1n) is 2.31. The Labute approximate surface area is 63.4 Å². The number of nitrogens with zero attached hydrogens (tertiary/aromatic N) is 1. The number of pyridine rings is 1. The monoisotopic (exact) mass is 160 g/mol. The number of hydrogen-bond acceptors (Lipinski definition) is 3. The lowest BCUT2D eigenvalue weighted by atomic mass is 10.5. The molecule has 9 heavy (non-hydrogen) atoms. The van der Waals surface area contributed by atoms with Gasteiger partial charge in [-0.1, -0.05) is 11.6 Å². The third-order valence-corrected chi connectivity index (χ3v) is 1.63. The van der Waals surface area contributed by atoms with Crippen LogP contribution < -0.4 is 5.73 Å². The van der Waals surface area contributed by atoms with Crippen LogP contribution in [0.5, 0.6) is 0 Å². The molecule has 1 rings (SSSR count). The Morgan fingerprint density at radius 3 is 2.67 bits per heavy atom. The van der Waals surface area contributed by atoms with Gasteiger partial charge in [0.15, 0.2) is 0 Å². The van der Waals surface area contributed by atoms with Gasteiger partial charge in [0.2, 0.25) is 0 Å². The van der Waals surface area contributed by atoms with Crippen LogP contribution >= 0.6 is 24.2 Å². The molecule has 48 valence electrons. The van der Waals surface area contributed by atoms with E-state index in [1.165, 1.54) is 0 Å². The van der Waals surface area contributed by atoms with Gasteiger partial charge in [0.25, 0.3) is 0 Å². The van der Waals surface area contributed by atoms with Crippen LogP contribution in [0.2, 0.25) is 5.15 Å². The fraction of sp³-hybridized carbons (Fsp3) is 0. The molecule has 0 saturated carbocycles. The molecular formula is C5H5ClN2S. The predicted octanol–water partition coefficient (Wildman–Crippen LogP) is 1.61. The second-order valence-corrected chi connectivity index (χ2v) is 2.39. The highest BCUT2D eigenvalue weighted by Crippen LogP contribution is 2.17. The fourth-order valence-electron chi connectivity index (χ4n) is 0.441. The summed E-state index contributed by atoms with van der Waals surface area (Å²) >= 11 is 9.54. The van der Waals surface area contributed by atoms with E-state index in [0.717, 1.165) is 0 Å². The first-order valence-corrected chi connectivity index (χ1v) is 3.13. The normalized spacial score (nSPS) is 9.56. The summed E-state index contributed by atoms with van der Waals surface area (Å²) in [6.45, 7) is 0. The molecule has 0 amide bonds. The molecule has 0 aliphatic rings. The number of nitrogens with two attached hydrogens (primary N) is 1. The van der Waals surface area contributed by atoms with Crippen molar-refractivity contribution in [3.63, 3.8) is 0 Å². The van der Waals surface area contributed by atoms with Crippen molar-refractivity contribution in [2.24, 2.45) is 0 Å². The Hall–Kier alpha value is -0.410. The fourth-order valence-corrected chi connectivity index (χ4v) is 0.726. The predicted molar refractivity (Wildman–Crippen MR) is 40.9 cm³/mol. The van der Waals surface area contributed by atoms with Crippen molar-refractivity contribution in [3.8, 4) is 0 Å². The van der Waals surface area contributed by atoms with Crippen molar-refractivity contribution in [2.75, 3.05) is 5.73 Å². The molecular weight excluding hydrogens is 156 g/mol. The maximum Gasteiger partial charge on any atom is 0.144 e. The van der Waals surface area contributed by atoms with Gasteiger partial charge in [0.1, 0.15) is 11.0 Å². The second kappa shape index (κ2) is 2.45. The van der Waals surface area contributed by atoms with Gasteiger partial charge in [-0.25, -0.2) is 4.98 Å². The van der Waals surface area contributed by atoms with Gasteiger partial charge in [0.05, 0.1) is 0 Å². The largest absolute Gasteiger partial charge is 0.384 e. The minimum atomic E-state index is 0.346. The molecule has 0 aliphatic carbocycles. The van der Waals surface area contributed by atoms with E-state index in [2.05, 4.69) is 17.6 Å². The van der Waals surface area contributed by atoms with Gasteiger partial charge in [0, 0.05) is 4.90 Å². The lowest BCUT2D eigenvalue weighted by molar-refractivity contribution is 1.25. The SMILES string of the molecule is Nc1ccc(S)c(Cl)n1. The van der Waals surface area contributed by atoms with E-state index < -0.39 is 0 Å². The second-order valence-electron chi connectivity index (χ2n) is 1.55. The number of rotatable bonds is 0. The van der Waals surface area contributed by atoms with E-state index in [1.807, 2.05) is 0 Å². The smallest absolute Gasteiger partial charge is 0.144 e.